The Bertz CT molecular complexity index is 450. The number of hydrogen-bond acceptors (Lipinski definition) is 3. The van der Waals surface area contributed by atoms with Crippen LogP contribution in [0.15, 0.2) is 30.3 Å². The van der Waals surface area contributed by atoms with E-state index in [1.54, 1.807) is 24.3 Å². The molecule has 1 aromatic carbocycles. The van der Waals surface area contributed by atoms with Crippen LogP contribution in [-0.4, -0.2) is 28.3 Å². The molecule has 0 aromatic heterocycles. The molecule has 2 N–H and O–H groups in total. The number of aliphatic carboxylic acids is 2. The number of rotatable bonds is 5. The summed E-state index contributed by atoms with van der Waals surface area (Å²) in [7, 11) is 0. The molecule has 0 fully saturated rings. The van der Waals surface area contributed by atoms with E-state index >= 15 is 0 Å². The monoisotopic (exact) mass is 236 g/mol. The maximum Gasteiger partial charge on any atom is 0.344 e. The lowest BCUT2D eigenvalue weighted by molar-refractivity contribution is -0.144. The summed E-state index contributed by atoms with van der Waals surface area (Å²) in [5.41, 5.74) is 0.517. The summed E-state index contributed by atoms with van der Waals surface area (Å²) in [5, 5.41) is 17.2. The molecule has 0 aliphatic rings. The summed E-state index contributed by atoms with van der Waals surface area (Å²) in [6.45, 7) is 1.40. The van der Waals surface area contributed by atoms with Gasteiger partial charge in [-0.15, -0.1) is 0 Å². The molecule has 5 nitrogen and oxygen atoms in total. The van der Waals surface area contributed by atoms with E-state index in [0.717, 1.165) is 6.08 Å². The first-order valence-corrected chi connectivity index (χ1v) is 4.90. The minimum atomic E-state index is -1.08. The van der Waals surface area contributed by atoms with Gasteiger partial charge in [-0.05, 0) is 19.1 Å². The molecular weight excluding hydrogens is 224 g/mol. The molecule has 0 saturated carbocycles. The zero-order valence-electron chi connectivity index (χ0n) is 9.16. The summed E-state index contributed by atoms with van der Waals surface area (Å²) in [6.07, 6.45) is 1.33. The summed E-state index contributed by atoms with van der Waals surface area (Å²) < 4.78 is 5.20. The van der Waals surface area contributed by atoms with Crippen LogP contribution in [0.25, 0.3) is 6.08 Å². The summed E-state index contributed by atoms with van der Waals surface area (Å²) >= 11 is 0. The fourth-order valence-electron chi connectivity index (χ4n) is 1.13. The van der Waals surface area contributed by atoms with Crippen LogP contribution >= 0.6 is 0 Å². The first-order valence-electron chi connectivity index (χ1n) is 4.90. The molecule has 0 heterocycles. The van der Waals surface area contributed by atoms with Crippen LogP contribution in [0.2, 0.25) is 0 Å². The highest BCUT2D eigenvalue weighted by molar-refractivity contribution is 5.86. The van der Waals surface area contributed by atoms with Gasteiger partial charge in [0.2, 0.25) is 0 Å². The van der Waals surface area contributed by atoms with Crippen LogP contribution in [0.1, 0.15) is 12.5 Å². The lowest BCUT2D eigenvalue weighted by Crippen LogP contribution is -2.23. The predicted octanol–water partition coefficient (Wildman–Crippen LogP) is 1.64. The van der Waals surface area contributed by atoms with Gasteiger partial charge in [-0.3, -0.25) is 0 Å². The molecule has 0 saturated heterocycles. The van der Waals surface area contributed by atoms with E-state index < -0.39 is 18.0 Å². The third-order valence-electron chi connectivity index (χ3n) is 1.98. The molecule has 0 aliphatic carbocycles. The van der Waals surface area contributed by atoms with E-state index in [9.17, 15) is 9.59 Å². The lowest BCUT2D eigenvalue weighted by Gasteiger charge is -2.12. The summed E-state index contributed by atoms with van der Waals surface area (Å²) in [5.74, 6) is -1.83. The van der Waals surface area contributed by atoms with Crippen LogP contribution in [0.3, 0.4) is 0 Å². The highest BCUT2D eigenvalue weighted by atomic mass is 16.5. The van der Waals surface area contributed by atoms with Crippen molar-refractivity contribution in [1.29, 1.82) is 0 Å². The number of ether oxygens (including phenoxy) is 1. The average Bonchev–Trinajstić information content (AvgIpc) is 2.27. The van der Waals surface area contributed by atoms with Gasteiger partial charge in [0.15, 0.2) is 6.10 Å². The molecule has 1 unspecified atom stereocenters. The maximum absolute atomic E-state index is 10.6. The Hall–Kier alpha value is -2.30. The maximum atomic E-state index is 10.6. The molecule has 0 spiro atoms. The van der Waals surface area contributed by atoms with Crippen molar-refractivity contribution in [2.24, 2.45) is 0 Å². The Morgan fingerprint density at radius 3 is 2.53 bits per heavy atom. The van der Waals surface area contributed by atoms with Crippen molar-refractivity contribution in [2.75, 3.05) is 0 Å². The number of hydrogen-bond donors (Lipinski definition) is 2. The first kappa shape index (κ1) is 12.8. The van der Waals surface area contributed by atoms with Crippen LogP contribution in [0.5, 0.6) is 5.75 Å². The molecule has 90 valence electrons. The molecule has 0 radical (unpaired) electrons. The molecule has 17 heavy (non-hydrogen) atoms. The molecule has 5 heteroatoms. The van der Waals surface area contributed by atoms with Crippen molar-refractivity contribution in [1.82, 2.24) is 0 Å². The summed E-state index contributed by atoms with van der Waals surface area (Å²) in [6, 6.07) is 6.62. The quantitative estimate of drug-likeness (QED) is 0.759. The second kappa shape index (κ2) is 5.69. The van der Waals surface area contributed by atoms with E-state index in [4.69, 9.17) is 14.9 Å². The Morgan fingerprint density at radius 2 is 1.94 bits per heavy atom. The van der Waals surface area contributed by atoms with Crippen molar-refractivity contribution < 1.29 is 24.5 Å². The van der Waals surface area contributed by atoms with E-state index in [2.05, 4.69) is 0 Å². The number of carboxylic acid groups (broad SMARTS) is 2. The Labute approximate surface area is 98.0 Å². The van der Waals surface area contributed by atoms with Gasteiger partial charge in [0.25, 0.3) is 0 Å². The van der Waals surface area contributed by atoms with Gasteiger partial charge in [-0.25, -0.2) is 9.59 Å². The Kier molecular flexibility index (Phi) is 4.28. The van der Waals surface area contributed by atoms with Crippen molar-refractivity contribution in [3.05, 3.63) is 35.9 Å². The average molecular weight is 236 g/mol. The van der Waals surface area contributed by atoms with Crippen molar-refractivity contribution in [2.45, 2.75) is 13.0 Å². The number of carbonyl (C=O) groups is 2. The third-order valence-corrected chi connectivity index (χ3v) is 1.98. The molecule has 1 atom stereocenters. The smallest absolute Gasteiger partial charge is 0.344 e. The highest BCUT2D eigenvalue weighted by Gasteiger charge is 2.13. The highest BCUT2D eigenvalue weighted by Crippen LogP contribution is 2.20. The molecule has 0 bridgehead atoms. The van der Waals surface area contributed by atoms with E-state index in [1.165, 1.54) is 13.0 Å². The van der Waals surface area contributed by atoms with Gasteiger partial charge in [0.05, 0.1) is 0 Å². The zero-order valence-corrected chi connectivity index (χ0v) is 9.16. The second-order valence-electron chi connectivity index (χ2n) is 3.31. The summed E-state index contributed by atoms with van der Waals surface area (Å²) in [4.78, 5) is 21.0. The fraction of sp³-hybridized carbons (Fsp3) is 0.167. The van der Waals surface area contributed by atoms with Gasteiger partial charge in [-0.1, -0.05) is 18.2 Å². The lowest BCUT2D eigenvalue weighted by atomic mass is 10.2. The van der Waals surface area contributed by atoms with Gasteiger partial charge >= 0.3 is 11.9 Å². The topological polar surface area (TPSA) is 83.8 Å². The molecule has 1 aromatic rings. The zero-order chi connectivity index (χ0) is 12.8. The molecule has 0 amide bonds. The van der Waals surface area contributed by atoms with Crippen molar-refractivity contribution in [3.8, 4) is 5.75 Å². The van der Waals surface area contributed by atoms with Crippen LogP contribution < -0.4 is 4.74 Å². The standard InChI is InChI=1S/C12H12O5/c1-8(12(15)16)17-10-5-3-2-4-9(10)6-7-11(13)14/h2-8H,1H3,(H,13,14)(H,15,16)/b7-6+. The van der Waals surface area contributed by atoms with Crippen LogP contribution in [-0.2, 0) is 9.59 Å². The number of carboxylic acids is 2. The van der Waals surface area contributed by atoms with Gasteiger partial charge < -0.3 is 14.9 Å². The van der Waals surface area contributed by atoms with E-state index in [1.807, 2.05) is 0 Å². The van der Waals surface area contributed by atoms with E-state index in [-0.39, 0.29) is 0 Å². The number of para-hydroxylation sites is 1. The van der Waals surface area contributed by atoms with Crippen LogP contribution in [0.4, 0.5) is 0 Å². The Balaban J connectivity index is 2.92. The normalized spacial score (nSPS) is 12.3. The van der Waals surface area contributed by atoms with E-state index in [0.29, 0.717) is 11.3 Å². The Morgan fingerprint density at radius 1 is 1.29 bits per heavy atom. The van der Waals surface area contributed by atoms with Gasteiger partial charge in [0, 0.05) is 11.6 Å². The minimum absolute atomic E-state index is 0.333. The number of benzene rings is 1. The first-order chi connectivity index (χ1) is 8.00. The third kappa shape index (κ3) is 3.98. The fourth-order valence-corrected chi connectivity index (χ4v) is 1.13. The van der Waals surface area contributed by atoms with Crippen molar-refractivity contribution >= 4 is 18.0 Å². The molecule has 0 aliphatic heterocycles. The SMILES string of the molecule is CC(Oc1ccccc1/C=C/C(=O)O)C(=O)O. The van der Waals surface area contributed by atoms with Gasteiger partial charge in [-0.2, -0.15) is 0 Å². The van der Waals surface area contributed by atoms with Crippen molar-refractivity contribution in [3.63, 3.8) is 0 Å². The van der Waals surface area contributed by atoms with Gasteiger partial charge in [0.1, 0.15) is 5.75 Å². The molecular formula is C12H12O5. The predicted molar refractivity (Wildman–Crippen MR) is 60.8 cm³/mol. The second-order valence-corrected chi connectivity index (χ2v) is 3.31. The van der Waals surface area contributed by atoms with Crippen LogP contribution in [0, 0.1) is 0 Å². The largest absolute Gasteiger partial charge is 0.479 e. The minimum Gasteiger partial charge on any atom is -0.479 e. The molecule has 1 rings (SSSR count).